The van der Waals surface area contributed by atoms with Gasteiger partial charge in [0.15, 0.2) is 0 Å². The molecule has 0 N–H and O–H groups in total. The molecule has 0 amide bonds. The van der Waals surface area contributed by atoms with Gasteiger partial charge in [-0.25, -0.2) is 0 Å². The van der Waals surface area contributed by atoms with E-state index in [4.69, 9.17) is 0 Å². The van der Waals surface area contributed by atoms with Crippen LogP contribution in [0.5, 0.6) is 0 Å². The fraction of sp³-hybridized carbons (Fsp3) is 0. The molecule has 0 aliphatic carbocycles. The van der Waals surface area contributed by atoms with Crippen molar-refractivity contribution in [2.24, 2.45) is 0 Å². The van der Waals surface area contributed by atoms with Gasteiger partial charge in [0, 0.05) is 32.8 Å². The van der Waals surface area contributed by atoms with Crippen LogP contribution < -0.4 is 0 Å². The van der Waals surface area contributed by atoms with Crippen molar-refractivity contribution in [3.05, 3.63) is 291 Å². The van der Waals surface area contributed by atoms with Crippen LogP contribution in [-0.2, 0) is 0 Å². The van der Waals surface area contributed by atoms with Gasteiger partial charge in [-0.2, -0.15) is 0 Å². The van der Waals surface area contributed by atoms with Crippen LogP contribution in [0.4, 0.5) is 0 Å². The van der Waals surface area contributed by atoms with Crippen molar-refractivity contribution < 1.29 is 0 Å². The van der Waals surface area contributed by atoms with Gasteiger partial charge in [0.1, 0.15) is 0 Å². The Morgan fingerprint density at radius 2 is 0.500 bits per heavy atom. The fourth-order valence-corrected chi connectivity index (χ4v) is 11.3. The smallest absolute Gasteiger partial charge is 0.0541 e. The van der Waals surface area contributed by atoms with E-state index in [1.54, 1.807) is 0 Å². The van der Waals surface area contributed by atoms with E-state index >= 15 is 0 Å². The van der Waals surface area contributed by atoms with E-state index in [0.717, 1.165) is 5.69 Å². The highest BCUT2D eigenvalue weighted by Crippen LogP contribution is 2.41. The lowest BCUT2D eigenvalue weighted by atomic mass is 9.95. The topological polar surface area (TPSA) is 9.86 Å². The number of aromatic nitrogens is 2. The van der Waals surface area contributed by atoms with E-state index in [1.807, 2.05) is 0 Å². The van der Waals surface area contributed by atoms with Crippen molar-refractivity contribution in [2.45, 2.75) is 0 Å². The highest BCUT2D eigenvalue weighted by molar-refractivity contribution is 6.13. The Morgan fingerprint density at radius 1 is 0.176 bits per heavy atom. The first-order valence-electron chi connectivity index (χ1n) is 25.5. The van der Waals surface area contributed by atoms with Crippen LogP contribution in [0.3, 0.4) is 0 Å². The minimum atomic E-state index is 1.14. The number of rotatable bonds is 9. The van der Waals surface area contributed by atoms with Crippen LogP contribution in [0.1, 0.15) is 0 Å². The highest BCUT2D eigenvalue weighted by Gasteiger charge is 2.18. The number of fused-ring (bicyclic) bond motifs is 6. The molecule has 0 saturated heterocycles. The third-order valence-electron chi connectivity index (χ3n) is 15.0. The predicted molar refractivity (Wildman–Crippen MR) is 313 cm³/mol. The summed E-state index contributed by atoms with van der Waals surface area (Å²) < 4.78 is 4.84. The van der Waals surface area contributed by atoms with Crippen LogP contribution in [0.15, 0.2) is 291 Å². The summed E-state index contributed by atoms with van der Waals surface area (Å²) in [6.45, 7) is 0. The summed E-state index contributed by atoms with van der Waals surface area (Å²) in [6.07, 6.45) is 0. The fourth-order valence-electron chi connectivity index (χ4n) is 11.3. The first kappa shape index (κ1) is 43.1. The molecule has 2 aromatic heterocycles. The molecule has 346 valence electrons. The lowest BCUT2D eigenvalue weighted by molar-refractivity contribution is 1.18. The van der Waals surface area contributed by atoms with Gasteiger partial charge in [-0.1, -0.05) is 224 Å². The first-order valence-corrected chi connectivity index (χ1v) is 25.5. The van der Waals surface area contributed by atoms with E-state index in [9.17, 15) is 0 Å². The minimum Gasteiger partial charge on any atom is -0.309 e. The summed E-state index contributed by atoms with van der Waals surface area (Å²) in [5.74, 6) is 0. The zero-order valence-electron chi connectivity index (χ0n) is 40.6. The summed E-state index contributed by atoms with van der Waals surface area (Å²) in [6, 6.07) is 106. The molecule has 2 heterocycles. The standard InChI is InChI=1S/C72H48N2/c1-3-15-49(16-4-1)50-29-33-53(34-30-50)56-19-13-21-58(45-56)59-22-14-20-57(46-59)54-35-31-51(32-36-54)52-37-41-62(42-38-52)73-69-27-11-8-24-64(69)66-47-60(39-43-71(66)73)61-40-44-72-67(48-61)65-25-9-12-28-70(65)74(72)68-26-10-7-23-63(68)55-17-5-2-6-18-55/h1-48H. The van der Waals surface area contributed by atoms with Gasteiger partial charge in [-0.05, 0) is 139 Å². The summed E-state index contributed by atoms with van der Waals surface area (Å²) in [5.41, 5.74) is 24.0. The maximum atomic E-state index is 2.43. The Labute approximate surface area is 431 Å². The maximum absolute atomic E-state index is 2.43. The SMILES string of the molecule is c1ccc(-c2ccc(-c3cccc(-c4cccc(-c5ccc(-c6ccc(-n7c8ccccc8c8cc(-c9ccc%10c(c9)c9ccccc9n%10-c9ccccc9-c9ccccc9)ccc87)cc6)cc5)c4)c3)cc2)cc1. The molecule has 14 rings (SSSR count). The highest BCUT2D eigenvalue weighted by atomic mass is 15.0. The predicted octanol–water partition coefficient (Wildman–Crippen LogP) is 19.5. The monoisotopic (exact) mass is 940 g/mol. The van der Waals surface area contributed by atoms with E-state index < -0.39 is 0 Å². The summed E-state index contributed by atoms with van der Waals surface area (Å²) >= 11 is 0. The average Bonchev–Trinajstić information content (AvgIpc) is 4.00. The maximum Gasteiger partial charge on any atom is 0.0541 e. The quantitative estimate of drug-likeness (QED) is 0.136. The van der Waals surface area contributed by atoms with E-state index in [0.29, 0.717) is 0 Å². The Balaban J connectivity index is 0.743. The van der Waals surface area contributed by atoms with E-state index in [-0.39, 0.29) is 0 Å². The van der Waals surface area contributed by atoms with Gasteiger partial charge in [-0.3, -0.25) is 0 Å². The van der Waals surface area contributed by atoms with Crippen molar-refractivity contribution in [1.29, 1.82) is 0 Å². The molecule has 2 nitrogen and oxygen atoms in total. The van der Waals surface area contributed by atoms with Gasteiger partial charge in [0.2, 0.25) is 0 Å². The molecule has 0 atom stereocenters. The van der Waals surface area contributed by atoms with Crippen molar-refractivity contribution in [3.63, 3.8) is 0 Å². The van der Waals surface area contributed by atoms with Crippen molar-refractivity contribution in [2.75, 3.05) is 0 Å². The number of benzene rings is 12. The van der Waals surface area contributed by atoms with Crippen molar-refractivity contribution in [1.82, 2.24) is 9.13 Å². The molecule has 0 fully saturated rings. The second kappa shape index (κ2) is 18.1. The molecule has 0 bridgehead atoms. The normalized spacial score (nSPS) is 11.5. The first-order chi connectivity index (χ1) is 36.7. The molecule has 0 aliphatic rings. The lowest BCUT2D eigenvalue weighted by Crippen LogP contribution is -1.97. The van der Waals surface area contributed by atoms with Gasteiger partial charge in [0.25, 0.3) is 0 Å². The molecule has 0 spiro atoms. The summed E-state index contributed by atoms with van der Waals surface area (Å²) in [4.78, 5) is 0. The van der Waals surface area contributed by atoms with E-state index in [1.165, 1.54) is 127 Å². The molecule has 0 saturated carbocycles. The van der Waals surface area contributed by atoms with Crippen LogP contribution >= 0.6 is 0 Å². The Kier molecular flexibility index (Phi) is 10.6. The number of hydrogen-bond acceptors (Lipinski definition) is 0. The van der Waals surface area contributed by atoms with Crippen LogP contribution in [0, 0.1) is 0 Å². The van der Waals surface area contributed by atoms with Gasteiger partial charge in [0.05, 0.1) is 27.8 Å². The van der Waals surface area contributed by atoms with Crippen molar-refractivity contribution in [3.8, 4) is 89.3 Å². The number of nitrogens with zero attached hydrogens (tertiary/aromatic N) is 2. The molecule has 14 aromatic rings. The summed E-state index contributed by atoms with van der Waals surface area (Å²) in [5, 5.41) is 4.97. The largest absolute Gasteiger partial charge is 0.309 e. The second-order valence-corrected chi connectivity index (χ2v) is 19.3. The summed E-state index contributed by atoms with van der Waals surface area (Å²) in [7, 11) is 0. The Bertz CT molecular complexity index is 4370. The third kappa shape index (κ3) is 7.60. The molecule has 0 radical (unpaired) electrons. The zero-order chi connectivity index (χ0) is 49.0. The van der Waals surface area contributed by atoms with Crippen molar-refractivity contribution >= 4 is 43.6 Å². The van der Waals surface area contributed by atoms with Crippen LogP contribution in [0.25, 0.3) is 133 Å². The molecular formula is C72H48N2. The number of para-hydroxylation sites is 3. The average molecular weight is 941 g/mol. The Morgan fingerprint density at radius 3 is 1.03 bits per heavy atom. The molecular weight excluding hydrogens is 893 g/mol. The van der Waals surface area contributed by atoms with Gasteiger partial charge in [-0.15, -0.1) is 0 Å². The third-order valence-corrected chi connectivity index (χ3v) is 15.0. The van der Waals surface area contributed by atoms with Gasteiger partial charge < -0.3 is 9.13 Å². The molecule has 2 heteroatoms. The number of hydrogen-bond donors (Lipinski definition) is 0. The Hall–Kier alpha value is -9.76. The van der Waals surface area contributed by atoms with Gasteiger partial charge >= 0.3 is 0 Å². The molecule has 0 aliphatic heterocycles. The van der Waals surface area contributed by atoms with Crippen LogP contribution in [0.2, 0.25) is 0 Å². The minimum absolute atomic E-state index is 1.14. The zero-order valence-corrected chi connectivity index (χ0v) is 40.6. The molecule has 0 unspecified atom stereocenters. The second-order valence-electron chi connectivity index (χ2n) is 19.3. The van der Waals surface area contributed by atoms with Crippen LogP contribution in [-0.4, -0.2) is 9.13 Å². The van der Waals surface area contributed by atoms with E-state index in [2.05, 4.69) is 300 Å². The molecule has 12 aromatic carbocycles. The lowest BCUT2D eigenvalue weighted by Gasteiger charge is -2.14. The molecule has 74 heavy (non-hydrogen) atoms.